The molecule has 1 unspecified atom stereocenters. The molecule has 3 N–H and O–H groups in total. The molecule has 2 rings (SSSR count). The van der Waals surface area contributed by atoms with Gasteiger partial charge in [0.2, 0.25) is 5.91 Å². The molecule has 1 saturated carbocycles. The lowest BCUT2D eigenvalue weighted by Crippen LogP contribution is -2.53. The first-order valence-electron chi connectivity index (χ1n) is 6.39. The third-order valence-electron chi connectivity index (χ3n) is 3.71. The van der Waals surface area contributed by atoms with Crippen LogP contribution in [0.15, 0.2) is 0 Å². The van der Waals surface area contributed by atoms with E-state index in [2.05, 4.69) is 5.32 Å². The Balaban J connectivity index is 0.00000144. The van der Waals surface area contributed by atoms with Gasteiger partial charge >= 0.3 is 0 Å². The second kappa shape index (κ2) is 6.57. The van der Waals surface area contributed by atoms with Crippen LogP contribution in [0.3, 0.4) is 0 Å². The third-order valence-corrected chi connectivity index (χ3v) is 3.71. The summed E-state index contributed by atoms with van der Waals surface area (Å²) in [5, 5.41) is 2.95. The Morgan fingerprint density at radius 1 is 1.29 bits per heavy atom. The number of rotatable bonds is 3. The van der Waals surface area contributed by atoms with E-state index in [1.54, 1.807) is 0 Å². The van der Waals surface area contributed by atoms with Crippen LogP contribution in [0.2, 0.25) is 0 Å². The molecule has 0 spiro atoms. The summed E-state index contributed by atoms with van der Waals surface area (Å²) in [6, 6.07) is 0. The SMILES string of the molecule is Cl.NC1(C(=O)NCC2CCCCO2)CCCC1. The van der Waals surface area contributed by atoms with Gasteiger partial charge in [-0.2, -0.15) is 0 Å². The molecule has 1 aliphatic heterocycles. The molecule has 17 heavy (non-hydrogen) atoms. The number of carbonyl (C=O) groups is 1. The van der Waals surface area contributed by atoms with E-state index in [1.165, 1.54) is 6.42 Å². The fourth-order valence-electron chi connectivity index (χ4n) is 2.58. The van der Waals surface area contributed by atoms with E-state index < -0.39 is 5.54 Å². The van der Waals surface area contributed by atoms with Crippen LogP contribution < -0.4 is 11.1 Å². The Bertz CT molecular complexity index is 249. The van der Waals surface area contributed by atoms with Crippen molar-refractivity contribution in [1.82, 2.24) is 5.32 Å². The topological polar surface area (TPSA) is 64.4 Å². The van der Waals surface area contributed by atoms with Crippen LogP contribution >= 0.6 is 12.4 Å². The molecule has 2 fully saturated rings. The zero-order valence-corrected chi connectivity index (χ0v) is 11.1. The summed E-state index contributed by atoms with van der Waals surface area (Å²) in [5.41, 5.74) is 5.46. The van der Waals surface area contributed by atoms with Crippen LogP contribution in [-0.2, 0) is 9.53 Å². The van der Waals surface area contributed by atoms with E-state index in [0.29, 0.717) is 6.54 Å². The predicted octanol–water partition coefficient (Wildman–Crippen LogP) is 1.36. The Kier molecular flexibility index (Phi) is 5.70. The van der Waals surface area contributed by atoms with Crippen molar-refractivity contribution in [2.45, 2.75) is 56.6 Å². The highest BCUT2D eigenvalue weighted by Crippen LogP contribution is 2.27. The van der Waals surface area contributed by atoms with Crippen molar-refractivity contribution in [2.24, 2.45) is 5.73 Å². The standard InChI is InChI=1S/C12H22N2O2.ClH/c13-12(6-2-3-7-12)11(15)14-9-10-5-1-4-8-16-10;/h10H,1-9,13H2,(H,14,15);1H. The van der Waals surface area contributed by atoms with Crippen molar-refractivity contribution in [3.8, 4) is 0 Å². The number of carbonyl (C=O) groups excluding carboxylic acids is 1. The molecular formula is C12H23ClN2O2. The molecule has 1 amide bonds. The van der Waals surface area contributed by atoms with Gasteiger partial charge in [0, 0.05) is 13.2 Å². The van der Waals surface area contributed by atoms with Gasteiger partial charge in [-0.05, 0) is 32.1 Å². The summed E-state index contributed by atoms with van der Waals surface area (Å²) < 4.78 is 5.57. The number of nitrogens with two attached hydrogens (primary N) is 1. The maximum absolute atomic E-state index is 11.9. The van der Waals surface area contributed by atoms with Crippen LogP contribution in [0.1, 0.15) is 44.9 Å². The molecule has 1 saturated heterocycles. The van der Waals surface area contributed by atoms with Gasteiger partial charge in [-0.25, -0.2) is 0 Å². The van der Waals surface area contributed by atoms with E-state index in [-0.39, 0.29) is 24.4 Å². The minimum Gasteiger partial charge on any atom is -0.376 e. The maximum atomic E-state index is 11.9. The zero-order chi connectivity index (χ0) is 11.4. The van der Waals surface area contributed by atoms with E-state index in [1.807, 2.05) is 0 Å². The summed E-state index contributed by atoms with van der Waals surface area (Å²) in [6.07, 6.45) is 7.39. The van der Waals surface area contributed by atoms with Gasteiger partial charge in [0.25, 0.3) is 0 Å². The highest BCUT2D eigenvalue weighted by molar-refractivity contribution is 5.86. The highest BCUT2D eigenvalue weighted by atomic mass is 35.5. The average molecular weight is 263 g/mol. The molecule has 2 aliphatic rings. The normalized spacial score (nSPS) is 27.2. The number of ether oxygens (including phenoxy) is 1. The quantitative estimate of drug-likeness (QED) is 0.807. The Morgan fingerprint density at radius 2 is 2.00 bits per heavy atom. The summed E-state index contributed by atoms with van der Waals surface area (Å²) >= 11 is 0. The predicted molar refractivity (Wildman–Crippen MR) is 69.2 cm³/mol. The number of hydrogen-bond acceptors (Lipinski definition) is 3. The second-order valence-corrected chi connectivity index (χ2v) is 5.06. The molecule has 0 aromatic heterocycles. The smallest absolute Gasteiger partial charge is 0.240 e. The van der Waals surface area contributed by atoms with E-state index in [4.69, 9.17) is 10.5 Å². The summed E-state index contributed by atoms with van der Waals surface area (Å²) in [7, 11) is 0. The fraction of sp³-hybridized carbons (Fsp3) is 0.917. The number of halogens is 1. The van der Waals surface area contributed by atoms with E-state index in [0.717, 1.165) is 45.1 Å². The van der Waals surface area contributed by atoms with Crippen molar-refractivity contribution in [1.29, 1.82) is 0 Å². The molecule has 0 bridgehead atoms. The number of hydrogen-bond donors (Lipinski definition) is 2. The molecule has 1 heterocycles. The van der Waals surface area contributed by atoms with Gasteiger partial charge in [0.1, 0.15) is 0 Å². The van der Waals surface area contributed by atoms with Gasteiger partial charge in [-0.3, -0.25) is 4.79 Å². The van der Waals surface area contributed by atoms with Crippen LogP contribution in [0, 0.1) is 0 Å². The van der Waals surface area contributed by atoms with Crippen LogP contribution in [0.4, 0.5) is 0 Å². The van der Waals surface area contributed by atoms with Gasteiger partial charge < -0.3 is 15.8 Å². The Hall–Kier alpha value is -0.320. The Labute approximate surface area is 109 Å². The van der Waals surface area contributed by atoms with Gasteiger partial charge in [-0.1, -0.05) is 12.8 Å². The first-order chi connectivity index (χ1) is 7.71. The molecule has 5 heteroatoms. The van der Waals surface area contributed by atoms with E-state index in [9.17, 15) is 4.79 Å². The van der Waals surface area contributed by atoms with Crippen molar-refractivity contribution in [3.63, 3.8) is 0 Å². The van der Waals surface area contributed by atoms with E-state index >= 15 is 0 Å². The molecule has 1 aliphatic carbocycles. The largest absolute Gasteiger partial charge is 0.376 e. The lowest BCUT2D eigenvalue weighted by Gasteiger charge is -2.26. The number of amides is 1. The summed E-state index contributed by atoms with van der Waals surface area (Å²) in [4.78, 5) is 11.9. The zero-order valence-electron chi connectivity index (χ0n) is 10.2. The molecule has 0 aromatic rings. The van der Waals surface area contributed by atoms with Crippen LogP contribution in [-0.4, -0.2) is 30.7 Å². The second-order valence-electron chi connectivity index (χ2n) is 5.06. The van der Waals surface area contributed by atoms with Crippen molar-refractivity contribution in [3.05, 3.63) is 0 Å². The first kappa shape index (κ1) is 14.7. The molecular weight excluding hydrogens is 240 g/mol. The third kappa shape index (κ3) is 3.83. The summed E-state index contributed by atoms with van der Waals surface area (Å²) in [5.74, 6) is 0.0131. The summed E-state index contributed by atoms with van der Waals surface area (Å²) in [6.45, 7) is 1.45. The van der Waals surface area contributed by atoms with Crippen LogP contribution in [0.5, 0.6) is 0 Å². The first-order valence-corrected chi connectivity index (χ1v) is 6.39. The highest BCUT2D eigenvalue weighted by Gasteiger charge is 2.37. The molecule has 4 nitrogen and oxygen atoms in total. The van der Waals surface area contributed by atoms with Crippen molar-refractivity contribution < 1.29 is 9.53 Å². The number of nitrogens with one attached hydrogen (secondary N) is 1. The molecule has 1 atom stereocenters. The lowest BCUT2D eigenvalue weighted by molar-refractivity contribution is -0.127. The van der Waals surface area contributed by atoms with Crippen LogP contribution in [0.25, 0.3) is 0 Å². The monoisotopic (exact) mass is 262 g/mol. The van der Waals surface area contributed by atoms with Crippen molar-refractivity contribution >= 4 is 18.3 Å². The minimum absolute atomic E-state index is 0. The molecule has 100 valence electrons. The fourth-order valence-corrected chi connectivity index (χ4v) is 2.58. The van der Waals surface area contributed by atoms with Gasteiger partial charge in [-0.15, -0.1) is 12.4 Å². The lowest BCUT2D eigenvalue weighted by atomic mass is 9.98. The minimum atomic E-state index is -0.603. The average Bonchev–Trinajstić information content (AvgIpc) is 2.76. The Morgan fingerprint density at radius 3 is 2.59 bits per heavy atom. The maximum Gasteiger partial charge on any atom is 0.240 e. The van der Waals surface area contributed by atoms with Gasteiger partial charge in [0.05, 0.1) is 11.6 Å². The molecule has 0 radical (unpaired) electrons. The van der Waals surface area contributed by atoms with Gasteiger partial charge in [0.15, 0.2) is 0 Å². The molecule has 0 aromatic carbocycles. The van der Waals surface area contributed by atoms with Crippen molar-refractivity contribution in [2.75, 3.05) is 13.2 Å².